The second-order valence-corrected chi connectivity index (χ2v) is 11.2. The van der Waals surface area contributed by atoms with Gasteiger partial charge in [0, 0.05) is 49.6 Å². The Labute approximate surface area is 227 Å². The van der Waals surface area contributed by atoms with Gasteiger partial charge in [-0.25, -0.2) is 9.97 Å². The summed E-state index contributed by atoms with van der Waals surface area (Å²) in [5.41, 5.74) is 4.39. The summed E-state index contributed by atoms with van der Waals surface area (Å²) in [5, 5.41) is 0.685. The Bertz CT molecular complexity index is 1370. The zero-order valence-corrected chi connectivity index (χ0v) is 22.6. The maximum Gasteiger partial charge on any atom is 0.226 e. The molecule has 38 heavy (non-hydrogen) atoms. The number of nitrogens with zero attached hydrogens (tertiary/aromatic N) is 5. The third-order valence-electron chi connectivity index (χ3n) is 8.37. The van der Waals surface area contributed by atoms with E-state index in [2.05, 4.69) is 4.98 Å². The number of hydrogen-bond acceptors (Lipinski definition) is 5. The van der Waals surface area contributed by atoms with E-state index in [-0.39, 0.29) is 30.4 Å². The first-order valence-corrected chi connectivity index (χ1v) is 14.2. The molecular formula is C29H34ClN5O3. The van der Waals surface area contributed by atoms with Crippen LogP contribution in [0.25, 0.3) is 11.2 Å². The van der Waals surface area contributed by atoms with E-state index in [4.69, 9.17) is 21.3 Å². The van der Waals surface area contributed by atoms with E-state index >= 15 is 0 Å². The molecule has 1 atom stereocenters. The van der Waals surface area contributed by atoms with Crippen molar-refractivity contribution in [3.05, 3.63) is 52.4 Å². The Balaban J connectivity index is 1.34. The predicted octanol–water partition coefficient (Wildman–Crippen LogP) is 4.83. The minimum absolute atomic E-state index is 0.0560. The zero-order valence-electron chi connectivity index (χ0n) is 21.9. The fourth-order valence-corrected chi connectivity index (χ4v) is 6.58. The van der Waals surface area contributed by atoms with Gasteiger partial charge in [0.25, 0.3) is 0 Å². The molecule has 1 aromatic carbocycles. The molecule has 1 aliphatic carbocycles. The largest absolute Gasteiger partial charge is 0.487 e. The van der Waals surface area contributed by atoms with Gasteiger partial charge in [0.2, 0.25) is 11.8 Å². The van der Waals surface area contributed by atoms with Gasteiger partial charge in [-0.3, -0.25) is 9.59 Å². The van der Waals surface area contributed by atoms with E-state index in [0.717, 1.165) is 66.6 Å². The SMILES string of the molecule is Cn1cnc2ccc(COc3ccc(Cl)c4c3[C@@H](CN3CCCC3=O)N(C(=O)C3CCCCC3)CC4)nc21. The number of pyridine rings is 1. The summed E-state index contributed by atoms with van der Waals surface area (Å²) in [6, 6.07) is 7.37. The molecule has 0 N–H and O–H groups in total. The number of carbonyl (C=O) groups is 2. The van der Waals surface area contributed by atoms with Crippen molar-refractivity contribution in [3.63, 3.8) is 0 Å². The number of carbonyl (C=O) groups excluding carboxylic acids is 2. The van der Waals surface area contributed by atoms with Gasteiger partial charge < -0.3 is 19.1 Å². The van der Waals surface area contributed by atoms with Crippen molar-refractivity contribution >= 4 is 34.6 Å². The number of aryl methyl sites for hydroxylation is 1. The van der Waals surface area contributed by atoms with Crippen molar-refractivity contribution in [2.45, 2.75) is 64.0 Å². The molecule has 0 spiro atoms. The van der Waals surface area contributed by atoms with Crippen molar-refractivity contribution in [3.8, 4) is 5.75 Å². The first-order valence-electron chi connectivity index (χ1n) is 13.8. The summed E-state index contributed by atoms with van der Waals surface area (Å²) in [6.07, 6.45) is 9.14. The molecule has 1 saturated heterocycles. The molecular weight excluding hydrogens is 502 g/mol. The van der Waals surface area contributed by atoms with Gasteiger partial charge in [0.05, 0.1) is 18.1 Å². The predicted molar refractivity (Wildman–Crippen MR) is 145 cm³/mol. The normalized spacial score (nSPS) is 20.3. The number of ether oxygens (including phenoxy) is 1. The van der Waals surface area contributed by atoms with Crippen molar-refractivity contribution in [2.75, 3.05) is 19.6 Å². The molecule has 200 valence electrons. The lowest BCUT2D eigenvalue weighted by Crippen LogP contribution is -2.48. The summed E-state index contributed by atoms with van der Waals surface area (Å²) < 4.78 is 8.30. The fraction of sp³-hybridized carbons (Fsp3) is 0.517. The molecule has 6 rings (SSSR count). The van der Waals surface area contributed by atoms with Crippen LogP contribution in [0.4, 0.5) is 0 Å². The molecule has 2 fully saturated rings. The second-order valence-electron chi connectivity index (χ2n) is 10.8. The Morgan fingerprint density at radius 2 is 1.92 bits per heavy atom. The van der Waals surface area contributed by atoms with Crippen molar-refractivity contribution in [2.24, 2.45) is 13.0 Å². The Morgan fingerprint density at radius 3 is 2.71 bits per heavy atom. The summed E-state index contributed by atoms with van der Waals surface area (Å²) >= 11 is 6.73. The van der Waals surface area contributed by atoms with Gasteiger partial charge in [-0.05, 0) is 55.5 Å². The van der Waals surface area contributed by atoms with Crippen LogP contribution in [0.2, 0.25) is 5.02 Å². The van der Waals surface area contributed by atoms with Crippen LogP contribution in [0.1, 0.15) is 67.8 Å². The van der Waals surface area contributed by atoms with E-state index in [1.807, 2.05) is 45.7 Å². The molecule has 2 aromatic heterocycles. The number of amides is 2. The quantitative estimate of drug-likeness (QED) is 0.451. The van der Waals surface area contributed by atoms with E-state index in [1.165, 1.54) is 6.42 Å². The lowest BCUT2D eigenvalue weighted by atomic mass is 9.85. The summed E-state index contributed by atoms with van der Waals surface area (Å²) in [5.74, 6) is 1.12. The first kappa shape index (κ1) is 25.2. The van der Waals surface area contributed by atoms with Crippen LogP contribution in [-0.4, -0.2) is 55.8 Å². The molecule has 2 aliphatic heterocycles. The fourth-order valence-electron chi connectivity index (χ4n) is 6.33. The Kier molecular flexibility index (Phi) is 6.99. The lowest BCUT2D eigenvalue weighted by Gasteiger charge is -2.42. The summed E-state index contributed by atoms with van der Waals surface area (Å²) in [4.78, 5) is 39.5. The van der Waals surface area contributed by atoms with E-state index in [9.17, 15) is 9.59 Å². The molecule has 9 heteroatoms. The Morgan fingerprint density at radius 1 is 1.08 bits per heavy atom. The minimum Gasteiger partial charge on any atom is -0.487 e. The van der Waals surface area contributed by atoms with Gasteiger partial charge in [0.15, 0.2) is 5.65 Å². The van der Waals surface area contributed by atoms with Crippen molar-refractivity contribution in [1.82, 2.24) is 24.3 Å². The van der Waals surface area contributed by atoms with Gasteiger partial charge in [-0.15, -0.1) is 0 Å². The topological polar surface area (TPSA) is 80.6 Å². The number of imidazole rings is 1. The number of aromatic nitrogens is 3. The summed E-state index contributed by atoms with van der Waals surface area (Å²) in [7, 11) is 1.92. The van der Waals surface area contributed by atoms with E-state index in [1.54, 1.807) is 6.33 Å². The average Bonchev–Trinajstić information content (AvgIpc) is 3.53. The number of benzene rings is 1. The van der Waals surface area contributed by atoms with Crippen LogP contribution in [0.3, 0.4) is 0 Å². The lowest BCUT2D eigenvalue weighted by molar-refractivity contribution is -0.141. The van der Waals surface area contributed by atoms with Gasteiger partial charge in [-0.1, -0.05) is 30.9 Å². The van der Waals surface area contributed by atoms with E-state index in [0.29, 0.717) is 36.7 Å². The molecule has 0 radical (unpaired) electrons. The molecule has 3 aromatic rings. The smallest absolute Gasteiger partial charge is 0.226 e. The molecule has 0 unspecified atom stereocenters. The molecule has 8 nitrogen and oxygen atoms in total. The average molecular weight is 536 g/mol. The van der Waals surface area contributed by atoms with Crippen LogP contribution in [-0.2, 0) is 29.7 Å². The number of hydrogen-bond donors (Lipinski definition) is 0. The number of likely N-dealkylation sites (tertiary alicyclic amines) is 1. The first-order chi connectivity index (χ1) is 18.5. The maximum atomic E-state index is 13.9. The molecule has 3 aliphatic rings. The van der Waals surface area contributed by atoms with Crippen LogP contribution in [0.15, 0.2) is 30.6 Å². The molecule has 0 bridgehead atoms. The number of fused-ring (bicyclic) bond motifs is 2. The number of halogens is 1. The second kappa shape index (κ2) is 10.6. The highest BCUT2D eigenvalue weighted by molar-refractivity contribution is 6.31. The van der Waals surface area contributed by atoms with Crippen LogP contribution < -0.4 is 4.74 Å². The van der Waals surface area contributed by atoms with Crippen molar-refractivity contribution < 1.29 is 14.3 Å². The Hall–Kier alpha value is -3.13. The highest BCUT2D eigenvalue weighted by Gasteiger charge is 2.39. The molecule has 1 saturated carbocycles. The van der Waals surface area contributed by atoms with Crippen LogP contribution in [0, 0.1) is 5.92 Å². The zero-order chi connectivity index (χ0) is 26.2. The third kappa shape index (κ3) is 4.75. The highest BCUT2D eigenvalue weighted by atomic mass is 35.5. The van der Waals surface area contributed by atoms with Gasteiger partial charge in [0.1, 0.15) is 17.9 Å². The maximum absolute atomic E-state index is 13.9. The monoisotopic (exact) mass is 535 g/mol. The van der Waals surface area contributed by atoms with Crippen LogP contribution in [0.5, 0.6) is 5.75 Å². The molecule has 2 amide bonds. The van der Waals surface area contributed by atoms with E-state index < -0.39 is 0 Å². The van der Waals surface area contributed by atoms with Gasteiger partial charge in [-0.2, -0.15) is 0 Å². The highest BCUT2D eigenvalue weighted by Crippen LogP contribution is 2.42. The van der Waals surface area contributed by atoms with Crippen molar-refractivity contribution in [1.29, 1.82) is 0 Å². The van der Waals surface area contributed by atoms with Gasteiger partial charge >= 0.3 is 0 Å². The van der Waals surface area contributed by atoms with Crippen LogP contribution >= 0.6 is 11.6 Å². The molecule has 4 heterocycles. The summed E-state index contributed by atoms with van der Waals surface area (Å²) in [6.45, 7) is 2.08. The standard InChI is InChI=1S/C29H34ClN5O3/c1-33-18-31-23-11-9-20(32-28(23)33)17-38-25-12-10-22(30)21-13-15-35(29(37)19-6-3-2-4-7-19)24(27(21)25)16-34-14-5-8-26(34)36/h9-12,18-19,24H,2-8,13-17H2,1H3/t24-/m1/s1. The number of rotatable bonds is 6. The minimum atomic E-state index is -0.281. The third-order valence-corrected chi connectivity index (χ3v) is 8.72.